The second kappa shape index (κ2) is 8.55. The number of methoxy groups -OCH3 is 1. The Labute approximate surface area is 176 Å². The van der Waals surface area contributed by atoms with Gasteiger partial charge in [0.25, 0.3) is 5.91 Å². The Morgan fingerprint density at radius 3 is 2.23 bits per heavy atom. The first-order valence-corrected chi connectivity index (χ1v) is 11.3. The first kappa shape index (κ1) is 20.5. The zero-order chi connectivity index (χ0) is 21.1. The summed E-state index contributed by atoms with van der Waals surface area (Å²) in [4.78, 5) is 14.8. The van der Waals surface area contributed by atoms with E-state index in [1.807, 2.05) is 42.5 Å². The van der Waals surface area contributed by atoms with Crippen LogP contribution in [0.2, 0.25) is 0 Å². The van der Waals surface area contributed by atoms with Gasteiger partial charge in [-0.05, 0) is 40.6 Å². The van der Waals surface area contributed by atoms with E-state index in [0.29, 0.717) is 25.3 Å². The van der Waals surface area contributed by atoms with Gasteiger partial charge < -0.3 is 9.64 Å². The van der Waals surface area contributed by atoms with E-state index in [1.165, 1.54) is 4.31 Å². The molecule has 1 fully saturated rings. The van der Waals surface area contributed by atoms with Crippen LogP contribution in [0.25, 0.3) is 10.8 Å². The van der Waals surface area contributed by atoms with Crippen molar-refractivity contribution in [2.45, 2.75) is 11.5 Å². The summed E-state index contributed by atoms with van der Waals surface area (Å²) in [6, 6.07) is 20.2. The number of ether oxygens (including phenoxy) is 1. The molecular formula is C23H24N2O4S. The van der Waals surface area contributed by atoms with Crippen molar-refractivity contribution in [3.05, 3.63) is 77.9 Å². The lowest BCUT2D eigenvalue weighted by Crippen LogP contribution is -2.50. The van der Waals surface area contributed by atoms with Gasteiger partial charge >= 0.3 is 0 Å². The van der Waals surface area contributed by atoms with E-state index in [-0.39, 0.29) is 23.9 Å². The first-order valence-electron chi connectivity index (χ1n) is 9.85. The minimum Gasteiger partial charge on any atom is -0.380 e. The Kier molecular flexibility index (Phi) is 5.85. The van der Waals surface area contributed by atoms with E-state index >= 15 is 0 Å². The maximum Gasteiger partial charge on any atom is 0.253 e. The van der Waals surface area contributed by atoms with Crippen LogP contribution in [-0.2, 0) is 21.4 Å². The van der Waals surface area contributed by atoms with Gasteiger partial charge in [0.1, 0.15) is 0 Å². The molecule has 1 aliphatic heterocycles. The highest BCUT2D eigenvalue weighted by atomic mass is 32.2. The zero-order valence-electron chi connectivity index (χ0n) is 16.8. The minimum atomic E-state index is -3.60. The zero-order valence-corrected chi connectivity index (χ0v) is 17.6. The van der Waals surface area contributed by atoms with Crippen LogP contribution in [0.1, 0.15) is 15.9 Å². The molecule has 0 aromatic heterocycles. The van der Waals surface area contributed by atoms with Gasteiger partial charge in [0, 0.05) is 38.9 Å². The predicted octanol–water partition coefficient (Wildman–Crippen LogP) is 3.13. The number of carbonyl (C=O) groups excluding carboxylic acids is 1. The fourth-order valence-corrected chi connectivity index (χ4v) is 5.16. The third-order valence-corrected chi connectivity index (χ3v) is 7.29. The quantitative estimate of drug-likeness (QED) is 0.631. The van der Waals surface area contributed by atoms with Gasteiger partial charge in [-0.2, -0.15) is 4.31 Å². The maximum absolute atomic E-state index is 13.1. The van der Waals surface area contributed by atoms with Crippen molar-refractivity contribution < 1.29 is 17.9 Å². The molecule has 0 radical (unpaired) electrons. The molecule has 0 N–H and O–H groups in total. The van der Waals surface area contributed by atoms with Gasteiger partial charge in [0.05, 0.1) is 11.5 Å². The van der Waals surface area contributed by atoms with Crippen LogP contribution in [0.4, 0.5) is 0 Å². The van der Waals surface area contributed by atoms with Gasteiger partial charge in [-0.1, -0.05) is 42.5 Å². The molecule has 0 bridgehead atoms. The molecule has 156 valence electrons. The summed E-state index contributed by atoms with van der Waals surface area (Å²) < 4.78 is 32.7. The number of piperazine rings is 1. The highest BCUT2D eigenvalue weighted by Gasteiger charge is 2.30. The lowest BCUT2D eigenvalue weighted by atomic mass is 10.1. The van der Waals surface area contributed by atoms with E-state index < -0.39 is 10.0 Å². The normalized spacial score (nSPS) is 15.4. The molecule has 3 aromatic carbocycles. The fourth-order valence-electron chi connectivity index (χ4n) is 3.70. The van der Waals surface area contributed by atoms with E-state index in [4.69, 9.17) is 4.74 Å². The molecular weight excluding hydrogens is 400 g/mol. The number of carbonyl (C=O) groups is 1. The van der Waals surface area contributed by atoms with Crippen molar-refractivity contribution in [3.63, 3.8) is 0 Å². The topological polar surface area (TPSA) is 66.9 Å². The molecule has 6 nitrogen and oxygen atoms in total. The predicted molar refractivity (Wildman–Crippen MR) is 116 cm³/mol. The summed E-state index contributed by atoms with van der Waals surface area (Å²) >= 11 is 0. The van der Waals surface area contributed by atoms with Crippen LogP contribution in [0, 0.1) is 0 Å². The van der Waals surface area contributed by atoms with Gasteiger partial charge in [0.2, 0.25) is 10.0 Å². The van der Waals surface area contributed by atoms with Gasteiger partial charge in [-0.25, -0.2) is 8.42 Å². The van der Waals surface area contributed by atoms with Crippen molar-refractivity contribution in [1.29, 1.82) is 0 Å². The van der Waals surface area contributed by atoms with Crippen molar-refractivity contribution in [2.75, 3.05) is 33.3 Å². The standard InChI is InChI=1S/C23H24N2O4S/c1-29-17-18-6-8-20(9-7-18)23(26)24-12-14-25(15-13-24)30(27,28)22-11-10-19-4-2-3-5-21(19)16-22/h2-11,16H,12-15,17H2,1H3. The van der Waals surface area contributed by atoms with Gasteiger partial charge in [-0.15, -0.1) is 0 Å². The van der Waals surface area contributed by atoms with E-state index in [1.54, 1.807) is 36.3 Å². The average Bonchev–Trinajstić information content (AvgIpc) is 2.79. The Balaban J connectivity index is 1.44. The third kappa shape index (κ3) is 4.09. The molecule has 0 unspecified atom stereocenters. The molecule has 1 aliphatic rings. The minimum absolute atomic E-state index is 0.0817. The van der Waals surface area contributed by atoms with E-state index in [0.717, 1.165) is 16.3 Å². The fraction of sp³-hybridized carbons (Fsp3) is 0.261. The second-order valence-corrected chi connectivity index (χ2v) is 9.27. The Hall–Kier alpha value is -2.74. The number of nitrogens with zero attached hydrogens (tertiary/aromatic N) is 2. The number of sulfonamides is 1. The van der Waals surface area contributed by atoms with Crippen LogP contribution < -0.4 is 0 Å². The largest absolute Gasteiger partial charge is 0.380 e. The lowest BCUT2D eigenvalue weighted by molar-refractivity contribution is 0.0698. The van der Waals surface area contributed by atoms with Crippen molar-refractivity contribution >= 4 is 26.7 Å². The molecule has 1 amide bonds. The molecule has 3 aromatic rings. The summed E-state index contributed by atoms with van der Waals surface area (Å²) in [7, 11) is -1.97. The Morgan fingerprint density at radius 1 is 0.900 bits per heavy atom. The number of hydrogen-bond acceptors (Lipinski definition) is 4. The van der Waals surface area contributed by atoms with Crippen LogP contribution in [0.15, 0.2) is 71.6 Å². The van der Waals surface area contributed by atoms with Gasteiger partial charge in [0.15, 0.2) is 0 Å². The molecule has 0 aliphatic carbocycles. The summed E-state index contributed by atoms with van der Waals surface area (Å²) in [5.41, 5.74) is 1.60. The maximum atomic E-state index is 13.1. The summed E-state index contributed by atoms with van der Waals surface area (Å²) in [6.07, 6.45) is 0. The molecule has 1 heterocycles. The monoisotopic (exact) mass is 424 g/mol. The molecule has 0 saturated carbocycles. The van der Waals surface area contributed by atoms with Crippen LogP contribution in [0.5, 0.6) is 0 Å². The van der Waals surface area contributed by atoms with Crippen molar-refractivity contribution in [2.24, 2.45) is 0 Å². The molecule has 30 heavy (non-hydrogen) atoms. The lowest BCUT2D eigenvalue weighted by Gasteiger charge is -2.34. The number of benzene rings is 3. The number of rotatable bonds is 5. The number of fused-ring (bicyclic) bond motifs is 1. The van der Waals surface area contributed by atoms with E-state index in [9.17, 15) is 13.2 Å². The average molecular weight is 425 g/mol. The van der Waals surface area contributed by atoms with Crippen molar-refractivity contribution in [3.8, 4) is 0 Å². The first-order chi connectivity index (χ1) is 14.5. The SMILES string of the molecule is COCc1ccc(C(=O)N2CCN(S(=O)(=O)c3ccc4ccccc4c3)CC2)cc1. The van der Waals surface area contributed by atoms with Crippen molar-refractivity contribution in [1.82, 2.24) is 9.21 Å². The Bertz CT molecular complexity index is 1150. The number of hydrogen-bond donors (Lipinski definition) is 0. The highest BCUT2D eigenvalue weighted by Crippen LogP contribution is 2.23. The third-order valence-electron chi connectivity index (χ3n) is 5.40. The van der Waals surface area contributed by atoms with Gasteiger partial charge in [-0.3, -0.25) is 4.79 Å². The smallest absolute Gasteiger partial charge is 0.253 e. The molecule has 7 heteroatoms. The molecule has 1 saturated heterocycles. The molecule has 0 spiro atoms. The van der Waals surface area contributed by atoms with Crippen LogP contribution >= 0.6 is 0 Å². The van der Waals surface area contributed by atoms with E-state index in [2.05, 4.69) is 0 Å². The Morgan fingerprint density at radius 2 is 1.57 bits per heavy atom. The molecule has 0 atom stereocenters. The van der Waals surface area contributed by atoms with Crippen LogP contribution in [-0.4, -0.2) is 56.8 Å². The number of amides is 1. The summed E-state index contributed by atoms with van der Waals surface area (Å²) in [5.74, 6) is -0.0817. The molecule has 4 rings (SSSR count). The van der Waals surface area contributed by atoms with Crippen LogP contribution in [0.3, 0.4) is 0 Å². The second-order valence-electron chi connectivity index (χ2n) is 7.34. The summed E-state index contributed by atoms with van der Waals surface area (Å²) in [5, 5.41) is 1.90. The summed E-state index contributed by atoms with van der Waals surface area (Å²) in [6.45, 7) is 1.79. The highest BCUT2D eigenvalue weighted by molar-refractivity contribution is 7.89.